The van der Waals surface area contributed by atoms with Gasteiger partial charge < -0.3 is 0 Å². The number of hydrogen-bond donors (Lipinski definition) is 0. The smallest absolute Gasteiger partial charge is 0.169 e. The van der Waals surface area contributed by atoms with Crippen molar-refractivity contribution in [3.05, 3.63) is 43.3 Å². The first-order valence-electron chi connectivity index (χ1n) is 4.10. The molecule has 1 nitrogen and oxygen atoms in total. The molecule has 16 heavy (non-hydrogen) atoms. The van der Waals surface area contributed by atoms with Crippen LogP contribution in [0.15, 0.2) is 27.7 Å². The van der Waals surface area contributed by atoms with Crippen molar-refractivity contribution >= 4 is 63.8 Å². The van der Waals surface area contributed by atoms with Crippen LogP contribution in [0, 0.1) is 0 Å². The van der Waals surface area contributed by atoms with Gasteiger partial charge in [0.25, 0.3) is 0 Å². The quantitative estimate of drug-likeness (QED) is 0.677. The summed E-state index contributed by atoms with van der Waals surface area (Å²) in [5.41, 5.74) is 0.293. The first-order chi connectivity index (χ1) is 7.43. The maximum Gasteiger partial charge on any atom is 0.169 e. The number of carbonyl (C=O) groups excluding carboxylic acids is 1. The molecule has 0 unspecified atom stereocenters. The number of carbonyl (C=O) groups is 1. The molecule has 0 amide bonds. The van der Waals surface area contributed by atoms with Crippen LogP contribution in [0.4, 0.5) is 0 Å². The van der Waals surface area contributed by atoms with Gasteiger partial charge in [0.05, 0.1) is 15.1 Å². The van der Waals surface area contributed by atoms with Crippen LogP contribution in [0.3, 0.4) is 0 Å². The fourth-order valence-corrected chi connectivity index (χ4v) is 1.68. The zero-order valence-electron chi connectivity index (χ0n) is 7.74. The van der Waals surface area contributed by atoms with E-state index in [-0.39, 0.29) is 26.8 Å². The molecule has 1 rings (SSSR count). The summed E-state index contributed by atoms with van der Waals surface area (Å²) < 4.78 is -0.131. The van der Waals surface area contributed by atoms with Crippen LogP contribution in [-0.2, 0) is 0 Å². The number of ketones is 1. The van der Waals surface area contributed by atoms with E-state index in [0.29, 0.717) is 10.6 Å². The molecule has 0 heterocycles. The summed E-state index contributed by atoms with van der Waals surface area (Å²) in [7, 11) is 0. The lowest BCUT2D eigenvalue weighted by Gasteiger charge is -2.04. The van der Waals surface area contributed by atoms with E-state index in [1.54, 1.807) is 18.2 Å². The molecule has 0 aromatic heterocycles. The van der Waals surface area contributed by atoms with Crippen molar-refractivity contribution < 1.29 is 4.79 Å². The van der Waals surface area contributed by atoms with Gasteiger partial charge in [-0.25, -0.2) is 0 Å². The van der Waals surface area contributed by atoms with Gasteiger partial charge in [-0.2, -0.15) is 0 Å². The van der Waals surface area contributed by atoms with Crippen molar-refractivity contribution in [3.63, 3.8) is 0 Å². The lowest BCUT2D eigenvalue weighted by Crippen LogP contribution is -2.00. The Morgan fingerprint density at radius 3 is 2.31 bits per heavy atom. The van der Waals surface area contributed by atoms with Crippen molar-refractivity contribution in [2.75, 3.05) is 0 Å². The zero-order valence-corrected chi connectivity index (χ0v) is 11.5. The molecule has 0 saturated heterocycles. The summed E-state index contributed by atoms with van der Waals surface area (Å²) >= 11 is 28.2. The van der Waals surface area contributed by atoms with Gasteiger partial charge in [0, 0.05) is 12.0 Å². The summed E-state index contributed by atoms with van der Waals surface area (Å²) in [4.78, 5) is 11.8. The molecule has 0 aliphatic rings. The highest BCUT2D eigenvalue weighted by Crippen LogP contribution is 2.29. The maximum absolute atomic E-state index is 11.8. The highest BCUT2D eigenvalue weighted by atomic mass is 35.5. The standard InChI is InChI=1S/C10H5Cl5O/c11-6-3-1-2-5(9(6)13)8(16)4-7(12)10(14)15/h1-3H,4H2. The molecule has 0 spiro atoms. The Kier molecular flexibility index (Phi) is 5.42. The Hall–Kier alpha value is 0.0800. The second-order valence-electron chi connectivity index (χ2n) is 2.87. The molecule has 0 saturated carbocycles. The summed E-state index contributed by atoms with van der Waals surface area (Å²) in [6.45, 7) is 0. The Labute approximate surface area is 118 Å². The Bertz CT molecular complexity index is 449. The van der Waals surface area contributed by atoms with Crippen LogP contribution in [0.1, 0.15) is 16.8 Å². The second kappa shape index (κ2) is 6.13. The van der Waals surface area contributed by atoms with E-state index in [4.69, 9.17) is 58.0 Å². The van der Waals surface area contributed by atoms with E-state index in [2.05, 4.69) is 0 Å². The van der Waals surface area contributed by atoms with Crippen LogP contribution < -0.4 is 0 Å². The summed E-state index contributed by atoms with van der Waals surface area (Å²) in [5, 5.41) is 0.582. The van der Waals surface area contributed by atoms with Crippen LogP contribution in [-0.4, -0.2) is 5.78 Å². The van der Waals surface area contributed by atoms with E-state index in [1.807, 2.05) is 0 Å². The van der Waals surface area contributed by atoms with Crippen LogP contribution in [0.2, 0.25) is 10.0 Å². The van der Waals surface area contributed by atoms with Crippen molar-refractivity contribution in [2.24, 2.45) is 0 Å². The first-order valence-corrected chi connectivity index (χ1v) is 5.99. The van der Waals surface area contributed by atoms with Crippen molar-refractivity contribution in [1.82, 2.24) is 0 Å². The summed E-state index contributed by atoms with van der Waals surface area (Å²) in [5.74, 6) is -0.295. The number of rotatable bonds is 3. The Morgan fingerprint density at radius 2 is 1.75 bits per heavy atom. The third-order valence-electron chi connectivity index (χ3n) is 1.77. The van der Waals surface area contributed by atoms with Gasteiger partial charge in [-0.15, -0.1) is 0 Å². The number of benzene rings is 1. The fourth-order valence-electron chi connectivity index (χ4n) is 1.02. The lowest BCUT2D eigenvalue weighted by molar-refractivity contribution is 0.0995. The molecule has 0 bridgehead atoms. The number of hydrogen-bond acceptors (Lipinski definition) is 1. The molecule has 0 N–H and O–H groups in total. The van der Waals surface area contributed by atoms with E-state index in [1.165, 1.54) is 0 Å². The first kappa shape index (κ1) is 14.1. The molecule has 86 valence electrons. The topological polar surface area (TPSA) is 17.1 Å². The maximum atomic E-state index is 11.8. The summed E-state index contributed by atoms with van der Waals surface area (Å²) in [6.07, 6.45) is -0.107. The van der Waals surface area contributed by atoms with E-state index >= 15 is 0 Å². The van der Waals surface area contributed by atoms with Crippen molar-refractivity contribution in [2.45, 2.75) is 6.42 Å². The Balaban J connectivity index is 2.99. The lowest BCUT2D eigenvalue weighted by atomic mass is 10.1. The highest BCUT2D eigenvalue weighted by Gasteiger charge is 2.14. The minimum atomic E-state index is -0.295. The van der Waals surface area contributed by atoms with Gasteiger partial charge in [-0.3, -0.25) is 4.79 Å². The van der Waals surface area contributed by atoms with E-state index in [0.717, 1.165) is 0 Å². The largest absolute Gasteiger partial charge is 0.294 e. The number of halogens is 5. The molecule has 1 aromatic carbocycles. The zero-order chi connectivity index (χ0) is 12.3. The molecule has 0 aliphatic carbocycles. The molecule has 6 heteroatoms. The van der Waals surface area contributed by atoms with Gasteiger partial charge >= 0.3 is 0 Å². The number of Topliss-reactive ketones (excluding diaryl/α,β-unsaturated/α-hetero) is 1. The van der Waals surface area contributed by atoms with Crippen LogP contribution in [0.25, 0.3) is 0 Å². The van der Waals surface area contributed by atoms with Gasteiger partial charge in [0.2, 0.25) is 0 Å². The number of allylic oxidation sites excluding steroid dienone is 1. The summed E-state index contributed by atoms with van der Waals surface area (Å²) in [6, 6.07) is 4.77. The predicted molar refractivity (Wildman–Crippen MR) is 70.0 cm³/mol. The molecular formula is C10H5Cl5O. The van der Waals surface area contributed by atoms with Crippen LogP contribution >= 0.6 is 58.0 Å². The molecule has 0 aliphatic heterocycles. The molecule has 1 aromatic rings. The van der Waals surface area contributed by atoms with Gasteiger partial charge in [-0.05, 0) is 12.1 Å². The minimum Gasteiger partial charge on any atom is -0.294 e. The van der Waals surface area contributed by atoms with Gasteiger partial charge in [-0.1, -0.05) is 64.1 Å². The Morgan fingerprint density at radius 1 is 1.12 bits per heavy atom. The van der Waals surface area contributed by atoms with Gasteiger partial charge in [0.1, 0.15) is 4.49 Å². The van der Waals surface area contributed by atoms with Gasteiger partial charge in [0.15, 0.2) is 5.78 Å². The average Bonchev–Trinajstić information content (AvgIpc) is 2.21. The van der Waals surface area contributed by atoms with Crippen LogP contribution in [0.5, 0.6) is 0 Å². The third-order valence-corrected chi connectivity index (χ3v) is 3.56. The molecule has 0 fully saturated rings. The van der Waals surface area contributed by atoms with Crippen molar-refractivity contribution in [3.8, 4) is 0 Å². The molecule has 0 radical (unpaired) electrons. The monoisotopic (exact) mass is 316 g/mol. The highest BCUT2D eigenvalue weighted by molar-refractivity contribution is 6.59. The second-order valence-corrected chi connectivity index (χ2v) is 5.06. The fraction of sp³-hybridized carbons (Fsp3) is 0.100. The minimum absolute atomic E-state index is 0.0735. The van der Waals surface area contributed by atoms with E-state index < -0.39 is 0 Å². The molecule has 0 atom stereocenters. The normalized spacial score (nSPS) is 10.1. The van der Waals surface area contributed by atoms with E-state index in [9.17, 15) is 4.79 Å². The SMILES string of the molecule is O=C(CC(Cl)=C(Cl)Cl)c1cccc(Cl)c1Cl. The molecular weight excluding hydrogens is 313 g/mol. The van der Waals surface area contributed by atoms with Crippen molar-refractivity contribution in [1.29, 1.82) is 0 Å². The average molecular weight is 318 g/mol. The predicted octanol–water partition coefficient (Wildman–Crippen LogP) is 5.45. The third kappa shape index (κ3) is 3.54.